The number of hydrogen-bond donors (Lipinski definition) is 1. The molecule has 0 aliphatic carbocycles. The van der Waals surface area contributed by atoms with Gasteiger partial charge in [0, 0.05) is 24.5 Å². The number of hydroxylamine groups is 2. The molecule has 0 saturated carbocycles. The molecule has 0 aliphatic rings. The van der Waals surface area contributed by atoms with E-state index >= 15 is 0 Å². The molecule has 0 fully saturated rings. The lowest BCUT2D eigenvalue weighted by Gasteiger charge is -2.19. The Morgan fingerprint density at radius 1 is 0.462 bits per heavy atom. The predicted molar refractivity (Wildman–Crippen MR) is 159 cm³/mol. The molecule has 0 heterocycles. The zero-order chi connectivity index (χ0) is 28.8. The van der Waals surface area contributed by atoms with Crippen LogP contribution in [0, 0.1) is 0 Å². The summed E-state index contributed by atoms with van der Waals surface area (Å²) in [7, 11) is 0. The Balaban J connectivity index is 4.00. The lowest BCUT2D eigenvalue weighted by Crippen LogP contribution is -2.32. The first-order valence-corrected chi connectivity index (χ1v) is 16.5. The minimum Gasteiger partial charge on any atom is -0.370 e. The van der Waals surface area contributed by atoms with Gasteiger partial charge in [-0.1, -0.05) is 142 Å². The first-order valence-electron chi connectivity index (χ1n) is 16.5. The zero-order valence-electron chi connectivity index (χ0n) is 25.7. The molecule has 0 rings (SSSR count). The van der Waals surface area contributed by atoms with Gasteiger partial charge in [0.25, 0.3) is 0 Å². The maximum Gasteiger partial charge on any atom is 0.329 e. The van der Waals surface area contributed by atoms with Gasteiger partial charge in [-0.15, -0.1) is 0 Å². The highest BCUT2D eigenvalue weighted by Gasteiger charge is 2.17. The minimum atomic E-state index is -0.436. The quantitative estimate of drug-likeness (QED) is 0.0703. The van der Waals surface area contributed by atoms with Gasteiger partial charge in [-0.25, -0.2) is 0 Å². The number of nitrogens with zero attached hydrogens (tertiary/aromatic N) is 1. The van der Waals surface area contributed by atoms with E-state index in [2.05, 4.69) is 13.8 Å². The van der Waals surface area contributed by atoms with Crippen molar-refractivity contribution in [3.8, 4) is 0 Å². The fraction of sp³-hybridized carbons (Fsp3) is 0.906. The summed E-state index contributed by atoms with van der Waals surface area (Å²) in [6.45, 7) is 4.62. The Hall–Kier alpha value is -1.63. The first-order chi connectivity index (χ1) is 19.0. The van der Waals surface area contributed by atoms with Crippen molar-refractivity contribution >= 4 is 17.8 Å². The molecule has 0 spiro atoms. The second kappa shape index (κ2) is 29.4. The van der Waals surface area contributed by atoms with Crippen molar-refractivity contribution in [3.05, 3.63) is 0 Å². The number of amides is 1. The van der Waals surface area contributed by atoms with E-state index in [9.17, 15) is 14.4 Å². The highest BCUT2D eigenvalue weighted by Crippen LogP contribution is 2.14. The van der Waals surface area contributed by atoms with Crippen LogP contribution in [0.4, 0.5) is 0 Å². The van der Waals surface area contributed by atoms with Gasteiger partial charge >= 0.3 is 11.9 Å². The molecule has 230 valence electrons. The summed E-state index contributed by atoms with van der Waals surface area (Å²) in [4.78, 5) is 46.3. The van der Waals surface area contributed by atoms with Gasteiger partial charge in [0.05, 0.1) is 6.54 Å². The van der Waals surface area contributed by atoms with Crippen molar-refractivity contribution in [2.75, 3.05) is 6.54 Å². The molecular weight excluding hydrogens is 492 g/mol. The molecule has 0 aromatic rings. The molecule has 0 aromatic heterocycles. The summed E-state index contributed by atoms with van der Waals surface area (Å²) in [5.74, 6) is -1.26. The number of nitrogens with two attached hydrogens (primary N) is 1. The number of carbonyl (C=O) groups excluding carboxylic acids is 3. The molecule has 0 aromatic carbocycles. The van der Waals surface area contributed by atoms with Crippen molar-refractivity contribution in [2.24, 2.45) is 5.73 Å². The molecule has 0 atom stereocenters. The van der Waals surface area contributed by atoms with Gasteiger partial charge in [0.15, 0.2) is 0 Å². The Morgan fingerprint density at radius 2 is 0.769 bits per heavy atom. The van der Waals surface area contributed by atoms with Gasteiger partial charge in [-0.3, -0.25) is 14.4 Å². The molecule has 0 aliphatic heterocycles. The minimum absolute atomic E-state index is 0.136. The number of carbonyl (C=O) groups is 3. The normalized spacial score (nSPS) is 11.2. The number of rotatable bonds is 30. The molecule has 0 radical (unpaired) electrons. The van der Waals surface area contributed by atoms with Gasteiger partial charge < -0.3 is 15.4 Å². The third-order valence-electron chi connectivity index (χ3n) is 7.14. The van der Waals surface area contributed by atoms with E-state index in [1.165, 1.54) is 103 Å². The van der Waals surface area contributed by atoms with Crippen LogP contribution in [0.25, 0.3) is 0 Å². The second-order valence-corrected chi connectivity index (χ2v) is 11.1. The molecule has 0 saturated heterocycles. The van der Waals surface area contributed by atoms with Crippen molar-refractivity contribution < 1.29 is 24.1 Å². The van der Waals surface area contributed by atoms with Crippen molar-refractivity contribution in [2.45, 2.75) is 181 Å². The molecule has 1 amide bonds. The van der Waals surface area contributed by atoms with Crippen LogP contribution in [0.5, 0.6) is 0 Å². The summed E-state index contributed by atoms with van der Waals surface area (Å²) in [5, 5.41) is 0.949. The predicted octanol–water partition coefficient (Wildman–Crippen LogP) is 8.87. The van der Waals surface area contributed by atoms with Crippen LogP contribution in [-0.2, 0) is 24.1 Å². The van der Waals surface area contributed by atoms with Crippen molar-refractivity contribution in [3.63, 3.8) is 0 Å². The van der Waals surface area contributed by atoms with E-state index in [0.717, 1.165) is 43.8 Å². The number of unbranched alkanes of at least 4 members (excludes halogenated alkanes) is 20. The number of hydrogen-bond acceptors (Lipinski definition) is 6. The molecule has 7 heteroatoms. The summed E-state index contributed by atoms with van der Waals surface area (Å²) < 4.78 is 0. The topological polar surface area (TPSA) is 98.9 Å². The Kier molecular flexibility index (Phi) is 28.1. The fourth-order valence-corrected chi connectivity index (χ4v) is 4.68. The Bertz CT molecular complexity index is 545. The lowest BCUT2D eigenvalue weighted by molar-refractivity contribution is -0.325. The molecule has 39 heavy (non-hydrogen) atoms. The molecule has 0 unspecified atom stereocenters. The summed E-state index contributed by atoms with van der Waals surface area (Å²) in [6.07, 6.45) is 27.7. The van der Waals surface area contributed by atoms with Gasteiger partial charge in [0.2, 0.25) is 5.91 Å². The SMILES string of the molecule is CCCCCCCCCCCCCC(=O)ON(CCCC(N)=O)OC(=O)CCCCCCCCCCCCC. The third-order valence-corrected chi connectivity index (χ3v) is 7.14. The smallest absolute Gasteiger partial charge is 0.329 e. The van der Waals surface area contributed by atoms with Crippen LogP contribution in [0.2, 0.25) is 0 Å². The van der Waals surface area contributed by atoms with E-state index in [1.54, 1.807) is 0 Å². The maximum absolute atomic E-state index is 12.3. The van der Waals surface area contributed by atoms with E-state index in [4.69, 9.17) is 15.4 Å². The third kappa shape index (κ3) is 29.2. The van der Waals surface area contributed by atoms with Crippen molar-refractivity contribution in [1.29, 1.82) is 0 Å². The van der Waals surface area contributed by atoms with Gasteiger partial charge in [-0.2, -0.15) is 0 Å². The van der Waals surface area contributed by atoms with E-state index in [0.29, 0.717) is 19.3 Å². The highest BCUT2D eigenvalue weighted by molar-refractivity contribution is 5.73. The fourth-order valence-electron chi connectivity index (χ4n) is 4.68. The van der Waals surface area contributed by atoms with Crippen LogP contribution < -0.4 is 5.73 Å². The van der Waals surface area contributed by atoms with E-state index in [-0.39, 0.29) is 13.0 Å². The average molecular weight is 555 g/mol. The lowest BCUT2D eigenvalue weighted by atomic mass is 10.1. The Labute approximate surface area is 240 Å². The standard InChI is InChI=1S/C32H62N2O5/c1-3-5-7-9-11-13-15-17-19-21-23-27-31(36)38-34(29-25-26-30(33)35)39-32(37)28-24-22-20-18-16-14-12-10-8-6-4-2/h3-29H2,1-2H3,(H2,33,35). The Morgan fingerprint density at radius 3 is 1.08 bits per heavy atom. The monoisotopic (exact) mass is 554 g/mol. The zero-order valence-corrected chi connectivity index (χ0v) is 25.7. The van der Waals surface area contributed by atoms with Crippen LogP contribution >= 0.6 is 0 Å². The average Bonchev–Trinajstić information content (AvgIpc) is 2.90. The molecular formula is C32H62N2O5. The van der Waals surface area contributed by atoms with Gasteiger partial charge in [0.1, 0.15) is 0 Å². The van der Waals surface area contributed by atoms with Crippen LogP contribution in [0.1, 0.15) is 181 Å². The maximum atomic E-state index is 12.3. The first kappa shape index (κ1) is 37.4. The van der Waals surface area contributed by atoms with Crippen molar-refractivity contribution in [1.82, 2.24) is 5.23 Å². The largest absolute Gasteiger partial charge is 0.370 e. The van der Waals surface area contributed by atoms with E-state index < -0.39 is 17.8 Å². The van der Waals surface area contributed by atoms with E-state index in [1.807, 2.05) is 0 Å². The summed E-state index contributed by atoms with van der Waals surface area (Å²) in [6, 6.07) is 0. The second-order valence-electron chi connectivity index (χ2n) is 11.1. The molecule has 2 N–H and O–H groups in total. The number of primary amides is 1. The summed E-state index contributed by atoms with van der Waals surface area (Å²) >= 11 is 0. The van der Waals surface area contributed by atoms with Crippen LogP contribution in [0.3, 0.4) is 0 Å². The summed E-state index contributed by atoms with van der Waals surface area (Å²) in [5.41, 5.74) is 5.21. The van der Waals surface area contributed by atoms with Crippen LogP contribution in [-0.4, -0.2) is 29.6 Å². The van der Waals surface area contributed by atoms with Crippen LogP contribution in [0.15, 0.2) is 0 Å². The molecule has 7 nitrogen and oxygen atoms in total. The van der Waals surface area contributed by atoms with Gasteiger partial charge in [-0.05, 0) is 19.3 Å². The molecule has 0 bridgehead atoms. The highest BCUT2D eigenvalue weighted by atomic mass is 17.0.